The van der Waals surface area contributed by atoms with Crippen molar-refractivity contribution in [2.24, 2.45) is 0 Å². The maximum absolute atomic E-state index is 13.0. The largest absolute Gasteiger partial charge is 0.345 e. The van der Waals surface area contributed by atoms with Gasteiger partial charge in [-0.05, 0) is 18.4 Å². The third kappa shape index (κ3) is 3.87. The minimum atomic E-state index is -0.128. The van der Waals surface area contributed by atoms with Crippen LogP contribution in [-0.2, 0) is 5.41 Å². The molecule has 0 bridgehead atoms. The summed E-state index contributed by atoms with van der Waals surface area (Å²) in [6.45, 7) is 12.5. The summed E-state index contributed by atoms with van der Waals surface area (Å²) >= 11 is 0. The zero-order valence-electron chi connectivity index (χ0n) is 16.9. The predicted octanol–water partition coefficient (Wildman–Crippen LogP) is 4.64. The number of carbonyl (C=O) groups is 1. The molecule has 0 fully saturated rings. The molecule has 1 amide bonds. The molecule has 1 N–H and O–H groups in total. The lowest BCUT2D eigenvalue weighted by Gasteiger charge is -2.18. The van der Waals surface area contributed by atoms with Gasteiger partial charge in [0, 0.05) is 17.7 Å². The van der Waals surface area contributed by atoms with Gasteiger partial charge >= 0.3 is 0 Å². The topological polar surface area (TPSA) is 59.3 Å². The van der Waals surface area contributed by atoms with Gasteiger partial charge in [-0.15, -0.1) is 0 Å². The van der Waals surface area contributed by atoms with E-state index < -0.39 is 0 Å². The summed E-state index contributed by atoms with van der Waals surface area (Å²) in [5.74, 6) is 0.00765. The highest BCUT2D eigenvalue weighted by atomic mass is 16.1. The van der Waals surface area contributed by atoms with E-state index in [1.54, 1.807) is 6.20 Å². The number of rotatable bonds is 4. The molecule has 142 valence electrons. The third-order valence-electron chi connectivity index (χ3n) is 4.73. The highest BCUT2D eigenvalue weighted by Gasteiger charge is 2.24. The maximum Gasteiger partial charge on any atom is 0.255 e. The molecule has 2 aromatic heterocycles. The minimum Gasteiger partial charge on any atom is -0.345 e. The van der Waals surface area contributed by atoms with E-state index >= 15 is 0 Å². The van der Waals surface area contributed by atoms with Crippen LogP contribution in [0.1, 0.15) is 80.8 Å². The van der Waals surface area contributed by atoms with Gasteiger partial charge < -0.3 is 5.32 Å². The van der Waals surface area contributed by atoms with Gasteiger partial charge in [0.25, 0.3) is 5.91 Å². The van der Waals surface area contributed by atoms with Gasteiger partial charge in [-0.1, -0.05) is 65.0 Å². The van der Waals surface area contributed by atoms with Crippen LogP contribution in [0.25, 0.3) is 5.65 Å². The normalized spacial score (nSPS) is 13.1. The second-order valence-electron chi connectivity index (χ2n) is 8.37. The van der Waals surface area contributed by atoms with Crippen LogP contribution in [0.2, 0.25) is 0 Å². The van der Waals surface area contributed by atoms with Crippen LogP contribution in [0.15, 0.2) is 42.6 Å². The van der Waals surface area contributed by atoms with E-state index in [4.69, 9.17) is 5.10 Å². The smallest absolute Gasteiger partial charge is 0.255 e. The van der Waals surface area contributed by atoms with Gasteiger partial charge in [0.05, 0.1) is 23.0 Å². The molecule has 3 rings (SSSR count). The SMILES string of the molecule is CC(C)c1c(C(=O)NC(C)c2ccccc2)cnc2cc(C(C)(C)C)nn12. The average molecular weight is 364 g/mol. The van der Waals surface area contributed by atoms with Gasteiger partial charge in [-0.3, -0.25) is 4.79 Å². The van der Waals surface area contributed by atoms with Crippen molar-refractivity contribution in [1.29, 1.82) is 0 Å². The average Bonchev–Trinajstić information content (AvgIpc) is 3.05. The zero-order chi connectivity index (χ0) is 19.8. The number of hydrogen-bond acceptors (Lipinski definition) is 3. The van der Waals surface area contributed by atoms with Gasteiger partial charge in [-0.2, -0.15) is 5.10 Å². The Kier molecular flexibility index (Phi) is 5.05. The first-order valence-electron chi connectivity index (χ1n) is 9.43. The van der Waals surface area contributed by atoms with Crippen molar-refractivity contribution < 1.29 is 4.79 Å². The van der Waals surface area contributed by atoms with Crippen molar-refractivity contribution in [2.45, 2.75) is 58.9 Å². The van der Waals surface area contributed by atoms with Crippen LogP contribution in [0.5, 0.6) is 0 Å². The number of benzene rings is 1. The summed E-state index contributed by atoms with van der Waals surface area (Å²) in [6.07, 6.45) is 1.67. The molecule has 1 unspecified atom stereocenters. The molecular weight excluding hydrogens is 336 g/mol. The summed E-state index contributed by atoms with van der Waals surface area (Å²) in [4.78, 5) is 17.5. The van der Waals surface area contributed by atoms with E-state index in [-0.39, 0.29) is 23.3 Å². The fourth-order valence-electron chi connectivity index (χ4n) is 3.15. The molecular formula is C22H28N4O. The Bertz CT molecular complexity index is 952. The minimum absolute atomic E-state index is 0.0772. The third-order valence-corrected chi connectivity index (χ3v) is 4.73. The molecule has 5 nitrogen and oxygen atoms in total. The summed E-state index contributed by atoms with van der Waals surface area (Å²) in [5.41, 5.74) is 4.19. The molecule has 27 heavy (non-hydrogen) atoms. The van der Waals surface area contributed by atoms with Crippen molar-refractivity contribution >= 4 is 11.6 Å². The van der Waals surface area contributed by atoms with Gasteiger partial charge in [0.1, 0.15) is 0 Å². The lowest BCUT2D eigenvalue weighted by molar-refractivity contribution is 0.0937. The Balaban J connectivity index is 2.00. The second kappa shape index (κ2) is 7.14. The van der Waals surface area contributed by atoms with Crippen LogP contribution in [0.3, 0.4) is 0 Å². The molecule has 0 aliphatic rings. The molecule has 2 heterocycles. The van der Waals surface area contributed by atoms with E-state index in [0.29, 0.717) is 5.56 Å². The van der Waals surface area contributed by atoms with Crippen LogP contribution in [0.4, 0.5) is 0 Å². The standard InChI is InChI=1S/C22H28N4O/c1-14(2)20-17(21(27)24-15(3)16-10-8-7-9-11-16)13-23-19-12-18(22(4,5)6)25-26(19)20/h7-15H,1-6H3,(H,24,27). The number of carbonyl (C=O) groups excluding carboxylic acids is 1. The van der Waals surface area contributed by atoms with Crippen LogP contribution in [0, 0.1) is 0 Å². The Morgan fingerprint density at radius 1 is 1.11 bits per heavy atom. The number of nitrogens with one attached hydrogen (secondary N) is 1. The van der Waals surface area contributed by atoms with Gasteiger partial charge in [0.15, 0.2) is 5.65 Å². The predicted molar refractivity (Wildman–Crippen MR) is 108 cm³/mol. The highest BCUT2D eigenvalue weighted by Crippen LogP contribution is 2.26. The number of hydrogen-bond donors (Lipinski definition) is 1. The first-order valence-corrected chi connectivity index (χ1v) is 9.43. The van der Waals surface area contributed by atoms with Gasteiger partial charge in [-0.25, -0.2) is 9.50 Å². The fourth-order valence-corrected chi connectivity index (χ4v) is 3.15. The number of fused-ring (bicyclic) bond motifs is 1. The molecule has 1 atom stereocenters. The van der Waals surface area contributed by atoms with Gasteiger partial charge in [0.2, 0.25) is 0 Å². The molecule has 0 saturated carbocycles. The molecule has 0 saturated heterocycles. The fraction of sp³-hybridized carbons (Fsp3) is 0.409. The molecule has 0 aliphatic heterocycles. The lowest BCUT2D eigenvalue weighted by Crippen LogP contribution is -2.29. The maximum atomic E-state index is 13.0. The first-order chi connectivity index (χ1) is 12.7. The molecule has 0 aliphatic carbocycles. The summed E-state index contributed by atoms with van der Waals surface area (Å²) in [7, 11) is 0. The molecule has 1 aromatic carbocycles. The molecule has 5 heteroatoms. The monoisotopic (exact) mass is 364 g/mol. The second-order valence-corrected chi connectivity index (χ2v) is 8.37. The summed E-state index contributed by atoms with van der Waals surface area (Å²) in [6, 6.07) is 11.9. The Morgan fingerprint density at radius 3 is 2.37 bits per heavy atom. The Labute approximate surface area is 160 Å². The quantitative estimate of drug-likeness (QED) is 0.733. The van der Waals surface area contributed by atoms with E-state index in [2.05, 4.69) is 44.9 Å². The van der Waals surface area contributed by atoms with Crippen molar-refractivity contribution in [2.75, 3.05) is 0 Å². The number of aromatic nitrogens is 3. The van der Waals surface area contributed by atoms with Crippen molar-refractivity contribution in [3.8, 4) is 0 Å². The molecule has 0 spiro atoms. The van der Waals surface area contributed by atoms with Crippen LogP contribution >= 0.6 is 0 Å². The first kappa shape index (κ1) is 19.1. The molecule has 0 radical (unpaired) electrons. The number of amides is 1. The zero-order valence-corrected chi connectivity index (χ0v) is 16.9. The van der Waals surface area contributed by atoms with Crippen molar-refractivity contribution in [1.82, 2.24) is 19.9 Å². The van der Waals surface area contributed by atoms with E-state index in [1.807, 2.05) is 47.8 Å². The van der Waals surface area contributed by atoms with Crippen molar-refractivity contribution in [3.63, 3.8) is 0 Å². The molecule has 3 aromatic rings. The lowest BCUT2D eigenvalue weighted by atomic mass is 9.93. The summed E-state index contributed by atoms with van der Waals surface area (Å²) < 4.78 is 1.83. The summed E-state index contributed by atoms with van der Waals surface area (Å²) in [5, 5.41) is 7.85. The highest BCUT2D eigenvalue weighted by molar-refractivity contribution is 5.95. The van der Waals surface area contributed by atoms with E-state index in [9.17, 15) is 4.79 Å². The number of nitrogens with zero attached hydrogens (tertiary/aromatic N) is 3. The van der Waals surface area contributed by atoms with E-state index in [0.717, 1.165) is 22.6 Å². The Morgan fingerprint density at radius 2 is 1.78 bits per heavy atom. The van der Waals surface area contributed by atoms with Crippen LogP contribution in [-0.4, -0.2) is 20.5 Å². The van der Waals surface area contributed by atoms with Crippen LogP contribution < -0.4 is 5.32 Å². The Hall–Kier alpha value is -2.69. The van der Waals surface area contributed by atoms with Crippen molar-refractivity contribution in [3.05, 3.63) is 65.1 Å². The van der Waals surface area contributed by atoms with E-state index in [1.165, 1.54) is 0 Å².